The summed E-state index contributed by atoms with van der Waals surface area (Å²) in [6.45, 7) is 2.59. The Hall–Kier alpha value is -0.650. The van der Waals surface area contributed by atoms with Crippen molar-refractivity contribution in [3.05, 3.63) is 34.6 Å². The van der Waals surface area contributed by atoms with Crippen LogP contribution in [0.5, 0.6) is 0 Å². The molecule has 1 fully saturated rings. The average molecular weight is 334 g/mol. The lowest BCUT2D eigenvalue weighted by Crippen LogP contribution is -2.48. The summed E-state index contributed by atoms with van der Waals surface area (Å²) in [5.41, 5.74) is 0.506. The Kier molecular flexibility index (Phi) is 5.63. The van der Waals surface area contributed by atoms with Crippen LogP contribution in [0.25, 0.3) is 0 Å². The van der Waals surface area contributed by atoms with Gasteiger partial charge in [-0.25, -0.2) is 12.8 Å². The molecule has 1 aromatic rings. The van der Waals surface area contributed by atoms with E-state index in [1.807, 2.05) is 6.92 Å². The molecule has 2 rings (SSSR count). The molecular formula is C15H21ClFNO2S. The second-order valence-electron chi connectivity index (χ2n) is 5.51. The highest BCUT2D eigenvalue weighted by atomic mass is 35.5. The zero-order valence-corrected chi connectivity index (χ0v) is 13.7. The van der Waals surface area contributed by atoms with Gasteiger partial charge in [-0.15, -0.1) is 0 Å². The Balaban J connectivity index is 2.22. The molecule has 1 aliphatic heterocycles. The number of rotatable bonds is 5. The number of benzene rings is 1. The summed E-state index contributed by atoms with van der Waals surface area (Å²) < 4.78 is 38.5. The maximum atomic E-state index is 13.9. The summed E-state index contributed by atoms with van der Waals surface area (Å²) in [6.07, 6.45) is 2.65. The standard InChI is InChI=1S/C15H21ClFNO2S/c1-2-18-14(15-5-3-4-8-21(15,19)20)9-11-6-7-12(16)10-13(11)17/h6-7,10,14-15,18H,2-5,8-9H2,1H3. The molecule has 1 aromatic carbocycles. The number of halogens is 2. The zero-order valence-electron chi connectivity index (χ0n) is 12.1. The van der Waals surface area contributed by atoms with Crippen molar-refractivity contribution in [3.8, 4) is 0 Å². The predicted octanol–water partition coefficient (Wildman–Crippen LogP) is 2.97. The third kappa shape index (κ3) is 4.18. The number of sulfone groups is 1. The third-order valence-corrected chi connectivity index (χ3v) is 6.58. The van der Waals surface area contributed by atoms with Gasteiger partial charge in [0, 0.05) is 11.1 Å². The normalized spacial score (nSPS) is 22.9. The smallest absolute Gasteiger partial charge is 0.154 e. The monoisotopic (exact) mass is 333 g/mol. The highest BCUT2D eigenvalue weighted by Gasteiger charge is 2.35. The molecule has 0 aliphatic carbocycles. The molecule has 1 saturated heterocycles. The van der Waals surface area contributed by atoms with Crippen LogP contribution < -0.4 is 5.32 Å². The van der Waals surface area contributed by atoms with Gasteiger partial charge in [0.2, 0.25) is 0 Å². The maximum absolute atomic E-state index is 13.9. The topological polar surface area (TPSA) is 46.2 Å². The quantitative estimate of drug-likeness (QED) is 0.901. The molecule has 0 bridgehead atoms. The van der Waals surface area contributed by atoms with Crippen LogP contribution in [-0.2, 0) is 16.3 Å². The van der Waals surface area contributed by atoms with Crippen LogP contribution >= 0.6 is 11.6 Å². The van der Waals surface area contributed by atoms with E-state index in [2.05, 4.69) is 5.32 Å². The van der Waals surface area contributed by atoms with Crippen LogP contribution in [0.2, 0.25) is 5.02 Å². The molecule has 0 spiro atoms. The lowest BCUT2D eigenvalue weighted by atomic mass is 9.99. The highest BCUT2D eigenvalue weighted by molar-refractivity contribution is 7.92. The van der Waals surface area contributed by atoms with Gasteiger partial charge in [0.05, 0.1) is 11.0 Å². The second kappa shape index (κ2) is 7.07. The molecule has 2 atom stereocenters. The van der Waals surface area contributed by atoms with Gasteiger partial charge < -0.3 is 5.32 Å². The predicted molar refractivity (Wildman–Crippen MR) is 84.0 cm³/mol. The van der Waals surface area contributed by atoms with Crippen LogP contribution in [0.3, 0.4) is 0 Å². The molecule has 1 N–H and O–H groups in total. The second-order valence-corrected chi connectivity index (χ2v) is 8.28. The van der Waals surface area contributed by atoms with E-state index in [1.165, 1.54) is 6.07 Å². The van der Waals surface area contributed by atoms with Gasteiger partial charge in [-0.05, 0) is 43.5 Å². The van der Waals surface area contributed by atoms with Crippen molar-refractivity contribution in [3.63, 3.8) is 0 Å². The number of nitrogens with one attached hydrogen (secondary N) is 1. The fourth-order valence-electron chi connectivity index (χ4n) is 2.95. The minimum absolute atomic E-state index is 0.239. The Bertz CT molecular complexity index is 591. The fraction of sp³-hybridized carbons (Fsp3) is 0.600. The van der Waals surface area contributed by atoms with Crippen LogP contribution in [0, 0.1) is 5.82 Å². The summed E-state index contributed by atoms with van der Waals surface area (Å²) in [7, 11) is -3.10. The Labute approximate surface area is 130 Å². The first-order valence-electron chi connectivity index (χ1n) is 7.33. The molecule has 6 heteroatoms. The van der Waals surface area contributed by atoms with Crippen molar-refractivity contribution in [2.45, 2.75) is 43.9 Å². The van der Waals surface area contributed by atoms with Crippen molar-refractivity contribution in [1.29, 1.82) is 0 Å². The van der Waals surface area contributed by atoms with E-state index >= 15 is 0 Å². The molecule has 0 radical (unpaired) electrons. The maximum Gasteiger partial charge on any atom is 0.154 e. The van der Waals surface area contributed by atoms with Gasteiger partial charge in [-0.1, -0.05) is 31.0 Å². The minimum atomic E-state index is -3.10. The molecular weight excluding hydrogens is 313 g/mol. The van der Waals surface area contributed by atoms with E-state index < -0.39 is 15.1 Å². The Morgan fingerprint density at radius 1 is 1.43 bits per heavy atom. The van der Waals surface area contributed by atoms with Gasteiger partial charge >= 0.3 is 0 Å². The lowest BCUT2D eigenvalue weighted by Gasteiger charge is -2.31. The van der Waals surface area contributed by atoms with E-state index in [-0.39, 0.29) is 17.6 Å². The molecule has 1 aliphatic rings. The zero-order chi connectivity index (χ0) is 15.5. The SMILES string of the molecule is CCNC(Cc1ccc(Cl)cc1F)C1CCCCS1(=O)=O. The summed E-state index contributed by atoms with van der Waals surface area (Å²) in [5.74, 6) is -0.138. The Morgan fingerprint density at radius 2 is 2.19 bits per heavy atom. The fourth-order valence-corrected chi connectivity index (χ4v) is 5.24. The van der Waals surface area contributed by atoms with Crippen molar-refractivity contribution >= 4 is 21.4 Å². The van der Waals surface area contributed by atoms with Gasteiger partial charge in [0.25, 0.3) is 0 Å². The lowest BCUT2D eigenvalue weighted by molar-refractivity contribution is 0.435. The molecule has 2 unspecified atom stereocenters. The van der Waals surface area contributed by atoms with Crippen LogP contribution in [-0.4, -0.2) is 32.0 Å². The number of likely N-dealkylation sites (N-methyl/N-ethyl adjacent to an activating group) is 1. The van der Waals surface area contributed by atoms with Crippen molar-refractivity contribution in [2.24, 2.45) is 0 Å². The molecule has 118 valence electrons. The summed E-state index contributed by atoms with van der Waals surface area (Å²) in [4.78, 5) is 0. The first kappa shape index (κ1) is 16.7. The largest absolute Gasteiger partial charge is 0.313 e. The molecule has 3 nitrogen and oxygen atoms in total. The highest BCUT2D eigenvalue weighted by Crippen LogP contribution is 2.25. The van der Waals surface area contributed by atoms with Crippen LogP contribution in [0.15, 0.2) is 18.2 Å². The molecule has 0 saturated carbocycles. The van der Waals surface area contributed by atoms with Crippen LogP contribution in [0.4, 0.5) is 4.39 Å². The van der Waals surface area contributed by atoms with Gasteiger partial charge in [0.15, 0.2) is 9.84 Å². The van der Waals surface area contributed by atoms with Crippen molar-refractivity contribution in [1.82, 2.24) is 5.32 Å². The van der Waals surface area contributed by atoms with Crippen molar-refractivity contribution < 1.29 is 12.8 Å². The van der Waals surface area contributed by atoms with E-state index in [9.17, 15) is 12.8 Å². The summed E-state index contributed by atoms with van der Waals surface area (Å²) in [5, 5.41) is 3.14. The summed E-state index contributed by atoms with van der Waals surface area (Å²) in [6, 6.07) is 4.29. The van der Waals surface area contributed by atoms with E-state index in [0.29, 0.717) is 30.0 Å². The van der Waals surface area contributed by atoms with E-state index in [0.717, 1.165) is 12.8 Å². The van der Waals surface area contributed by atoms with Gasteiger partial charge in [-0.3, -0.25) is 0 Å². The first-order valence-corrected chi connectivity index (χ1v) is 9.42. The first-order chi connectivity index (χ1) is 9.94. The van der Waals surface area contributed by atoms with Crippen LogP contribution in [0.1, 0.15) is 31.7 Å². The minimum Gasteiger partial charge on any atom is -0.313 e. The molecule has 21 heavy (non-hydrogen) atoms. The Morgan fingerprint density at radius 3 is 2.81 bits per heavy atom. The number of hydrogen-bond acceptors (Lipinski definition) is 3. The van der Waals surface area contributed by atoms with Crippen molar-refractivity contribution in [2.75, 3.05) is 12.3 Å². The molecule has 0 aromatic heterocycles. The third-order valence-electron chi connectivity index (χ3n) is 4.00. The number of hydrogen-bond donors (Lipinski definition) is 1. The van der Waals surface area contributed by atoms with E-state index in [1.54, 1.807) is 12.1 Å². The molecule has 0 amide bonds. The average Bonchev–Trinajstić information content (AvgIpc) is 2.41. The van der Waals surface area contributed by atoms with Gasteiger partial charge in [0.1, 0.15) is 5.82 Å². The summed E-state index contributed by atoms with van der Waals surface area (Å²) >= 11 is 5.76. The van der Waals surface area contributed by atoms with E-state index in [4.69, 9.17) is 11.6 Å². The van der Waals surface area contributed by atoms with Gasteiger partial charge in [-0.2, -0.15) is 0 Å². The molecule has 1 heterocycles.